The summed E-state index contributed by atoms with van der Waals surface area (Å²) in [5.74, 6) is -0.310. The first kappa shape index (κ1) is 14.1. The lowest BCUT2D eigenvalue weighted by atomic mass is 10.3. The summed E-state index contributed by atoms with van der Waals surface area (Å²) in [6, 6.07) is 5.91. The van der Waals surface area contributed by atoms with Crippen LogP contribution < -0.4 is 11.1 Å². The maximum Gasteiger partial charge on any atom is 0.271 e. The van der Waals surface area contributed by atoms with E-state index < -0.39 is 9.84 Å². The first-order valence-corrected chi connectivity index (χ1v) is 7.60. The molecule has 1 amide bonds. The molecule has 0 unspecified atom stereocenters. The van der Waals surface area contributed by atoms with Crippen molar-refractivity contribution < 1.29 is 13.2 Å². The Kier molecular flexibility index (Phi) is 3.49. The zero-order valence-corrected chi connectivity index (χ0v) is 11.8. The van der Waals surface area contributed by atoms with Crippen LogP contribution in [-0.4, -0.2) is 37.4 Å². The smallest absolute Gasteiger partial charge is 0.271 e. The first-order chi connectivity index (χ1) is 9.32. The number of amides is 1. The Morgan fingerprint density at radius 1 is 1.35 bits per heavy atom. The summed E-state index contributed by atoms with van der Waals surface area (Å²) < 4.78 is 24.3. The SMILES string of the molecule is CNC(=O)c1ccn(-c2ccc(S(C)(=O)=O)cc2N)n1. The third-order valence-corrected chi connectivity index (χ3v) is 3.83. The molecular weight excluding hydrogens is 280 g/mol. The van der Waals surface area contributed by atoms with Crippen molar-refractivity contribution >= 4 is 21.4 Å². The van der Waals surface area contributed by atoms with Crippen LogP contribution in [0.3, 0.4) is 0 Å². The predicted molar refractivity (Wildman–Crippen MR) is 74.5 cm³/mol. The van der Waals surface area contributed by atoms with E-state index in [-0.39, 0.29) is 22.2 Å². The molecule has 106 valence electrons. The Labute approximate surface area is 116 Å². The van der Waals surface area contributed by atoms with Gasteiger partial charge < -0.3 is 11.1 Å². The summed E-state index contributed by atoms with van der Waals surface area (Å²) in [6.45, 7) is 0. The fourth-order valence-electron chi connectivity index (χ4n) is 1.68. The standard InChI is InChI=1S/C12H14N4O3S/c1-14-12(17)10-5-6-16(15-10)11-4-3-8(7-9(11)13)20(2,18)19/h3-7H,13H2,1-2H3,(H,14,17). The number of nitrogens with one attached hydrogen (secondary N) is 1. The summed E-state index contributed by atoms with van der Waals surface area (Å²) in [6.07, 6.45) is 2.69. The van der Waals surface area contributed by atoms with Gasteiger partial charge in [0.2, 0.25) is 0 Å². The number of sulfone groups is 1. The fourth-order valence-corrected chi connectivity index (χ4v) is 2.34. The van der Waals surface area contributed by atoms with E-state index in [0.717, 1.165) is 6.26 Å². The summed E-state index contributed by atoms with van der Waals surface area (Å²) in [5, 5.41) is 6.54. The largest absolute Gasteiger partial charge is 0.397 e. The molecule has 0 aliphatic heterocycles. The van der Waals surface area contributed by atoms with Gasteiger partial charge in [0.15, 0.2) is 15.5 Å². The average Bonchev–Trinajstić information content (AvgIpc) is 2.86. The minimum atomic E-state index is -3.31. The van der Waals surface area contributed by atoms with Crippen LogP contribution in [0.2, 0.25) is 0 Å². The highest BCUT2D eigenvalue weighted by Gasteiger charge is 2.13. The molecule has 0 saturated heterocycles. The first-order valence-electron chi connectivity index (χ1n) is 5.70. The summed E-state index contributed by atoms with van der Waals surface area (Å²) in [7, 11) is -1.80. The number of rotatable bonds is 3. The van der Waals surface area contributed by atoms with Crippen molar-refractivity contribution in [1.29, 1.82) is 0 Å². The van der Waals surface area contributed by atoms with Gasteiger partial charge in [0, 0.05) is 19.5 Å². The van der Waals surface area contributed by atoms with Gasteiger partial charge in [-0.1, -0.05) is 0 Å². The number of nitrogen functional groups attached to an aromatic ring is 1. The van der Waals surface area contributed by atoms with E-state index in [4.69, 9.17) is 5.73 Å². The van der Waals surface area contributed by atoms with E-state index in [9.17, 15) is 13.2 Å². The van der Waals surface area contributed by atoms with Crippen LogP contribution in [0.5, 0.6) is 0 Å². The Morgan fingerprint density at radius 3 is 2.60 bits per heavy atom. The maximum absolute atomic E-state index is 11.4. The Bertz CT molecular complexity index is 765. The fraction of sp³-hybridized carbons (Fsp3) is 0.167. The van der Waals surface area contributed by atoms with Crippen molar-refractivity contribution in [2.75, 3.05) is 19.0 Å². The molecule has 2 aromatic rings. The van der Waals surface area contributed by atoms with Gasteiger partial charge in [-0.3, -0.25) is 4.79 Å². The van der Waals surface area contributed by atoms with Crippen LogP contribution in [0.15, 0.2) is 35.4 Å². The normalized spacial score (nSPS) is 11.3. The number of aromatic nitrogens is 2. The molecule has 3 N–H and O–H groups in total. The quantitative estimate of drug-likeness (QED) is 0.787. The molecule has 1 heterocycles. The number of carbonyl (C=O) groups excluding carboxylic acids is 1. The van der Waals surface area contributed by atoms with Gasteiger partial charge in [0.25, 0.3) is 5.91 Å². The van der Waals surface area contributed by atoms with Gasteiger partial charge >= 0.3 is 0 Å². The molecule has 0 saturated carbocycles. The summed E-state index contributed by atoms with van der Waals surface area (Å²) in [5.41, 5.74) is 6.86. The van der Waals surface area contributed by atoms with E-state index >= 15 is 0 Å². The minimum absolute atomic E-state index is 0.137. The Balaban J connectivity index is 2.44. The minimum Gasteiger partial charge on any atom is -0.397 e. The van der Waals surface area contributed by atoms with Crippen molar-refractivity contribution in [2.45, 2.75) is 4.90 Å². The molecule has 1 aromatic heterocycles. The molecule has 0 aliphatic rings. The highest BCUT2D eigenvalue weighted by molar-refractivity contribution is 7.90. The van der Waals surface area contributed by atoms with Crippen LogP contribution in [0.25, 0.3) is 5.69 Å². The molecule has 0 fully saturated rings. The van der Waals surface area contributed by atoms with Gasteiger partial charge in [-0.15, -0.1) is 0 Å². The molecule has 0 aliphatic carbocycles. The Hall–Kier alpha value is -2.35. The lowest BCUT2D eigenvalue weighted by Crippen LogP contribution is -2.18. The van der Waals surface area contributed by atoms with Crippen LogP contribution >= 0.6 is 0 Å². The third kappa shape index (κ3) is 2.64. The molecule has 7 nitrogen and oxygen atoms in total. The molecule has 2 rings (SSSR count). The second-order valence-electron chi connectivity index (χ2n) is 4.22. The number of hydrogen-bond acceptors (Lipinski definition) is 5. The lowest BCUT2D eigenvalue weighted by molar-refractivity contribution is 0.0957. The van der Waals surface area contributed by atoms with Crippen LogP contribution in [-0.2, 0) is 9.84 Å². The zero-order chi connectivity index (χ0) is 14.9. The number of anilines is 1. The van der Waals surface area contributed by atoms with E-state index in [1.807, 2.05) is 0 Å². The molecule has 8 heteroatoms. The second-order valence-corrected chi connectivity index (χ2v) is 6.23. The lowest BCUT2D eigenvalue weighted by Gasteiger charge is -2.07. The molecule has 0 spiro atoms. The monoisotopic (exact) mass is 294 g/mol. The number of hydrogen-bond donors (Lipinski definition) is 2. The summed E-state index contributed by atoms with van der Waals surface area (Å²) >= 11 is 0. The van der Waals surface area contributed by atoms with Gasteiger partial charge in [-0.05, 0) is 24.3 Å². The van der Waals surface area contributed by atoms with Gasteiger partial charge in [-0.25, -0.2) is 13.1 Å². The van der Waals surface area contributed by atoms with Crippen LogP contribution in [0.4, 0.5) is 5.69 Å². The van der Waals surface area contributed by atoms with Crippen LogP contribution in [0.1, 0.15) is 10.5 Å². The van der Waals surface area contributed by atoms with Gasteiger partial charge in [0.05, 0.1) is 16.3 Å². The highest BCUT2D eigenvalue weighted by Crippen LogP contribution is 2.21. The summed E-state index contributed by atoms with van der Waals surface area (Å²) in [4.78, 5) is 11.6. The van der Waals surface area contributed by atoms with E-state index in [0.29, 0.717) is 5.69 Å². The molecule has 20 heavy (non-hydrogen) atoms. The van der Waals surface area contributed by atoms with Gasteiger partial charge in [0.1, 0.15) is 0 Å². The molecule has 0 bridgehead atoms. The third-order valence-electron chi connectivity index (χ3n) is 2.72. The van der Waals surface area contributed by atoms with Crippen LogP contribution in [0, 0.1) is 0 Å². The molecule has 1 aromatic carbocycles. The number of benzene rings is 1. The van der Waals surface area contributed by atoms with Crippen molar-refractivity contribution in [2.24, 2.45) is 0 Å². The Morgan fingerprint density at radius 2 is 2.05 bits per heavy atom. The van der Waals surface area contributed by atoms with Crippen molar-refractivity contribution in [1.82, 2.24) is 15.1 Å². The zero-order valence-electron chi connectivity index (χ0n) is 11.0. The maximum atomic E-state index is 11.4. The number of nitrogens with two attached hydrogens (primary N) is 1. The van der Waals surface area contributed by atoms with E-state index in [1.54, 1.807) is 18.3 Å². The number of nitrogens with zero attached hydrogens (tertiary/aromatic N) is 2. The van der Waals surface area contributed by atoms with Gasteiger partial charge in [-0.2, -0.15) is 5.10 Å². The topological polar surface area (TPSA) is 107 Å². The average molecular weight is 294 g/mol. The van der Waals surface area contributed by atoms with Crippen molar-refractivity contribution in [3.8, 4) is 5.69 Å². The van der Waals surface area contributed by atoms with Crippen molar-refractivity contribution in [3.63, 3.8) is 0 Å². The molecule has 0 radical (unpaired) electrons. The molecule has 0 atom stereocenters. The molecular formula is C12H14N4O3S. The van der Waals surface area contributed by atoms with E-state index in [2.05, 4.69) is 10.4 Å². The second kappa shape index (κ2) is 4.97. The van der Waals surface area contributed by atoms with Crippen molar-refractivity contribution in [3.05, 3.63) is 36.2 Å². The predicted octanol–water partition coefficient (Wildman–Crippen LogP) is 0.218. The van der Waals surface area contributed by atoms with E-state index in [1.165, 1.54) is 23.9 Å². The highest BCUT2D eigenvalue weighted by atomic mass is 32.2. The number of carbonyl (C=O) groups is 1.